The van der Waals surface area contributed by atoms with E-state index in [0.717, 1.165) is 6.54 Å². The molecule has 1 aromatic carbocycles. The van der Waals surface area contributed by atoms with Crippen molar-refractivity contribution in [1.29, 1.82) is 0 Å². The predicted octanol–water partition coefficient (Wildman–Crippen LogP) is 3.17. The van der Waals surface area contributed by atoms with Crippen LogP contribution >= 0.6 is 0 Å². The van der Waals surface area contributed by atoms with Crippen molar-refractivity contribution < 1.29 is 4.74 Å². The maximum atomic E-state index is 5.50. The Morgan fingerprint density at radius 2 is 1.88 bits per heavy atom. The average Bonchev–Trinajstić information content (AvgIpc) is 2.78. The second-order valence-corrected chi connectivity index (χ2v) is 5.65. The molecule has 1 fully saturated rings. The predicted molar refractivity (Wildman–Crippen MR) is 71.1 cm³/mol. The number of hydrogen-bond donors (Lipinski definition) is 1. The topological polar surface area (TPSA) is 21.3 Å². The highest BCUT2D eigenvalue weighted by molar-refractivity contribution is 5.31. The fourth-order valence-corrected chi connectivity index (χ4v) is 2.50. The van der Waals surface area contributed by atoms with Crippen LogP contribution in [-0.4, -0.2) is 13.7 Å². The molecule has 1 atom stereocenters. The maximum Gasteiger partial charge on any atom is 0.0871 e. The van der Waals surface area contributed by atoms with E-state index in [1.54, 1.807) is 7.11 Å². The van der Waals surface area contributed by atoms with Crippen LogP contribution in [0.2, 0.25) is 0 Å². The lowest BCUT2D eigenvalue weighted by atomic mass is 9.88. The Bertz CT molecular complexity index is 374. The van der Waals surface area contributed by atoms with E-state index in [1.807, 2.05) is 0 Å². The van der Waals surface area contributed by atoms with Gasteiger partial charge in [0, 0.05) is 12.6 Å². The van der Waals surface area contributed by atoms with Gasteiger partial charge in [-0.1, -0.05) is 24.3 Å². The van der Waals surface area contributed by atoms with Crippen LogP contribution in [0.15, 0.2) is 24.3 Å². The van der Waals surface area contributed by atoms with Gasteiger partial charge in [0.25, 0.3) is 0 Å². The summed E-state index contributed by atoms with van der Waals surface area (Å²) in [6, 6.07) is 8.83. The molecule has 0 aliphatic carbocycles. The molecule has 1 aliphatic rings. The molecule has 0 saturated carbocycles. The highest BCUT2D eigenvalue weighted by Crippen LogP contribution is 2.32. The molecule has 0 bridgehead atoms. The summed E-state index contributed by atoms with van der Waals surface area (Å²) in [6.07, 6.45) is 2.49. The molecule has 1 saturated heterocycles. The fraction of sp³-hybridized carbons (Fsp3) is 0.600. The van der Waals surface area contributed by atoms with Crippen LogP contribution in [0.25, 0.3) is 0 Å². The van der Waals surface area contributed by atoms with Crippen molar-refractivity contribution >= 4 is 0 Å². The molecule has 94 valence electrons. The molecular weight excluding hydrogens is 210 g/mol. The summed E-state index contributed by atoms with van der Waals surface area (Å²) < 4.78 is 5.50. The molecular formula is C15H23NO. The van der Waals surface area contributed by atoms with Gasteiger partial charge in [0.05, 0.1) is 5.60 Å². The summed E-state index contributed by atoms with van der Waals surface area (Å²) in [5, 5.41) is 3.59. The number of nitrogens with one attached hydrogen (secondary N) is 1. The third-order valence-electron chi connectivity index (χ3n) is 4.10. The molecule has 2 rings (SSSR count). The molecule has 1 N–H and O–H groups in total. The second kappa shape index (κ2) is 4.43. The summed E-state index contributed by atoms with van der Waals surface area (Å²) >= 11 is 0. The largest absolute Gasteiger partial charge is 0.374 e. The van der Waals surface area contributed by atoms with Gasteiger partial charge < -0.3 is 10.1 Å². The maximum absolute atomic E-state index is 5.50. The third kappa shape index (κ3) is 2.38. The van der Waals surface area contributed by atoms with Crippen LogP contribution < -0.4 is 5.32 Å². The van der Waals surface area contributed by atoms with E-state index >= 15 is 0 Å². The molecule has 0 radical (unpaired) electrons. The van der Waals surface area contributed by atoms with E-state index in [9.17, 15) is 0 Å². The van der Waals surface area contributed by atoms with Crippen LogP contribution in [0.5, 0.6) is 0 Å². The Hall–Kier alpha value is -0.860. The van der Waals surface area contributed by atoms with Crippen molar-refractivity contribution in [3.63, 3.8) is 0 Å². The zero-order valence-corrected chi connectivity index (χ0v) is 11.3. The molecule has 1 aromatic rings. The highest BCUT2D eigenvalue weighted by atomic mass is 16.5. The molecule has 2 nitrogen and oxygen atoms in total. The lowest BCUT2D eigenvalue weighted by Crippen LogP contribution is -2.33. The van der Waals surface area contributed by atoms with E-state index in [4.69, 9.17) is 4.74 Å². The Kier molecular flexibility index (Phi) is 3.28. The Labute approximate surface area is 104 Å². The number of rotatable bonds is 3. The lowest BCUT2D eigenvalue weighted by molar-refractivity contribution is 0.0192. The molecule has 1 heterocycles. The van der Waals surface area contributed by atoms with Crippen LogP contribution in [0.1, 0.15) is 44.7 Å². The van der Waals surface area contributed by atoms with E-state index in [1.165, 1.54) is 24.0 Å². The third-order valence-corrected chi connectivity index (χ3v) is 4.10. The number of ether oxygens (including phenoxy) is 1. The highest BCUT2D eigenvalue weighted by Gasteiger charge is 2.30. The van der Waals surface area contributed by atoms with Crippen molar-refractivity contribution in [3.05, 3.63) is 35.4 Å². The minimum absolute atomic E-state index is 0.162. The van der Waals surface area contributed by atoms with Crippen molar-refractivity contribution in [2.24, 2.45) is 0 Å². The standard InChI is InChI=1S/C15H23NO/c1-14(2,17-4)12-6-8-13(9-7-12)15(3)10-5-11-16-15/h6-9,16H,5,10-11H2,1-4H3. The van der Waals surface area contributed by atoms with Crippen LogP contribution in [-0.2, 0) is 15.9 Å². The SMILES string of the molecule is COC(C)(C)c1ccc(C2(C)CCCN2)cc1. The van der Waals surface area contributed by atoms with E-state index in [-0.39, 0.29) is 11.1 Å². The number of hydrogen-bond acceptors (Lipinski definition) is 2. The van der Waals surface area contributed by atoms with Gasteiger partial charge in [-0.05, 0) is 51.3 Å². The van der Waals surface area contributed by atoms with Crippen molar-refractivity contribution in [3.8, 4) is 0 Å². The molecule has 1 aliphatic heterocycles. The van der Waals surface area contributed by atoms with Gasteiger partial charge in [0.15, 0.2) is 0 Å². The monoisotopic (exact) mass is 233 g/mol. The lowest BCUT2D eigenvalue weighted by Gasteiger charge is -2.27. The minimum Gasteiger partial charge on any atom is -0.374 e. The molecule has 1 unspecified atom stereocenters. The molecule has 0 aromatic heterocycles. The zero-order chi connectivity index (χ0) is 12.5. The summed E-state index contributed by atoms with van der Waals surface area (Å²) in [5.41, 5.74) is 2.56. The Morgan fingerprint density at radius 1 is 1.24 bits per heavy atom. The van der Waals surface area contributed by atoms with Crippen LogP contribution in [0, 0.1) is 0 Å². The number of methoxy groups -OCH3 is 1. The van der Waals surface area contributed by atoms with Gasteiger partial charge in [-0.15, -0.1) is 0 Å². The molecule has 17 heavy (non-hydrogen) atoms. The van der Waals surface area contributed by atoms with E-state index in [0.29, 0.717) is 0 Å². The average molecular weight is 233 g/mol. The number of benzene rings is 1. The van der Waals surface area contributed by atoms with Crippen LogP contribution in [0.3, 0.4) is 0 Å². The van der Waals surface area contributed by atoms with Gasteiger partial charge in [-0.3, -0.25) is 0 Å². The zero-order valence-electron chi connectivity index (χ0n) is 11.3. The second-order valence-electron chi connectivity index (χ2n) is 5.65. The first-order valence-corrected chi connectivity index (χ1v) is 6.39. The van der Waals surface area contributed by atoms with Crippen molar-refractivity contribution in [2.45, 2.75) is 44.8 Å². The minimum atomic E-state index is -0.206. The van der Waals surface area contributed by atoms with Gasteiger partial charge in [0.1, 0.15) is 0 Å². The normalized spacial score (nSPS) is 25.2. The van der Waals surface area contributed by atoms with E-state index in [2.05, 4.69) is 50.4 Å². The van der Waals surface area contributed by atoms with Crippen LogP contribution in [0.4, 0.5) is 0 Å². The first-order chi connectivity index (χ1) is 7.98. The van der Waals surface area contributed by atoms with Crippen molar-refractivity contribution in [2.75, 3.05) is 13.7 Å². The molecule has 0 amide bonds. The first-order valence-electron chi connectivity index (χ1n) is 6.39. The molecule has 2 heteroatoms. The van der Waals surface area contributed by atoms with Gasteiger partial charge in [-0.25, -0.2) is 0 Å². The quantitative estimate of drug-likeness (QED) is 0.866. The van der Waals surface area contributed by atoms with Gasteiger partial charge in [-0.2, -0.15) is 0 Å². The Balaban J connectivity index is 2.24. The summed E-state index contributed by atoms with van der Waals surface area (Å²) in [4.78, 5) is 0. The van der Waals surface area contributed by atoms with Gasteiger partial charge in [0.2, 0.25) is 0 Å². The smallest absolute Gasteiger partial charge is 0.0871 e. The fourth-order valence-electron chi connectivity index (χ4n) is 2.50. The van der Waals surface area contributed by atoms with E-state index < -0.39 is 0 Å². The summed E-state index contributed by atoms with van der Waals surface area (Å²) in [6.45, 7) is 7.60. The van der Waals surface area contributed by atoms with Crippen molar-refractivity contribution in [1.82, 2.24) is 5.32 Å². The Morgan fingerprint density at radius 3 is 2.35 bits per heavy atom. The van der Waals surface area contributed by atoms with Gasteiger partial charge >= 0.3 is 0 Å². The summed E-state index contributed by atoms with van der Waals surface area (Å²) in [5.74, 6) is 0. The first kappa shape index (κ1) is 12.6. The summed E-state index contributed by atoms with van der Waals surface area (Å²) in [7, 11) is 1.76. The molecule has 0 spiro atoms.